The highest BCUT2D eigenvalue weighted by atomic mass is 32.2. The highest BCUT2D eigenvalue weighted by Gasteiger charge is 2.34. The van der Waals surface area contributed by atoms with Crippen molar-refractivity contribution in [3.05, 3.63) is 124 Å². The number of hydrogen-bond donors (Lipinski definition) is 2. The van der Waals surface area contributed by atoms with Gasteiger partial charge in [0.05, 0.1) is 62.1 Å². The van der Waals surface area contributed by atoms with Crippen molar-refractivity contribution >= 4 is 45.1 Å². The van der Waals surface area contributed by atoms with Crippen molar-refractivity contribution < 1.29 is 58.9 Å². The molecule has 2 unspecified atom stereocenters. The molecule has 3 heterocycles. The summed E-state index contributed by atoms with van der Waals surface area (Å²) in [5, 5.41) is 3.10. The maximum Gasteiger partial charge on any atom is 0.340 e. The van der Waals surface area contributed by atoms with Crippen LogP contribution in [0.4, 0.5) is 20.2 Å². The summed E-state index contributed by atoms with van der Waals surface area (Å²) < 4.78 is 108. The molecular formula is C40H43F2N5O11S2. The van der Waals surface area contributed by atoms with Crippen LogP contribution in [-0.2, 0) is 47.3 Å². The third-order valence-electron chi connectivity index (χ3n) is 10.3. The molecule has 0 amide bonds. The number of thiol groups is 2. The Labute approximate surface area is 348 Å². The van der Waals surface area contributed by atoms with Gasteiger partial charge < -0.3 is 23.7 Å². The van der Waals surface area contributed by atoms with Crippen LogP contribution in [0.2, 0.25) is 0 Å². The van der Waals surface area contributed by atoms with Crippen LogP contribution >= 0.6 is 0 Å². The molecule has 320 valence electrons. The number of carbonyl (C=O) groups excluding carboxylic acids is 2. The summed E-state index contributed by atoms with van der Waals surface area (Å²) in [5.74, 6) is -2.01. The first kappa shape index (κ1) is 42.9. The van der Waals surface area contributed by atoms with Crippen LogP contribution in [0.15, 0.2) is 84.9 Å². The lowest BCUT2D eigenvalue weighted by atomic mass is 10.1. The molecule has 20 heteroatoms. The Balaban J connectivity index is 1.02. The van der Waals surface area contributed by atoms with Gasteiger partial charge in [-0.15, -0.1) is 0 Å². The molecule has 4 aromatic rings. The molecule has 16 nitrogen and oxygen atoms in total. The van der Waals surface area contributed by atoms with E-state index in [1.165, 1.54) is 50.6 Å². The number of esters is 2. The van der Waals surface area contributed by atoms with Gasteiger partial charge in [-0.2, -0.15) is 0 Å². The molecule has 0 radical (unpaired) electrons. The summed E-state index contributed by atoms with van der Waals surface area (Å²) in [7, 11) is -4.13. The fourth-order valence-corrected chi connectivity index (χ4v) is 8.84. The zero-order chi connectivity index (χ0) is 42.5. The van der Waals surface area contributed by atoms with Gasteiger partial charge in [0.15, 0.2) is 0 Å². The van der Waals surface area contributed by atoms with E-state index in [1.807, 2.05) is 4.90 Å². The maximum atomic E-state index is 13.6. The number of likely N-dealkylation sites (tertiary alicyclic amines) is 1. The van der Waals surface area contributed by atoms with Crippen molar-refractivity contribution in [1.82, 2.24) is 14.9 Å². The minimum absolute atomic E-state index is 0.0393. The molecule has 3 saturated heterocycles. The number of hydrogen-bond acceptors (Lipinski definition) is 14. The predicted molar refractivity (Wildman–Crippen MR) is 214 cm³/mol. The second-order valence-electron chi connectivity index (χ2n) is 14.1. The zero-order valence-corrected chi connectivity index (χ0v) is 34.3. The van der Waals surface area contributed by atoms with Gasteiger partial charge in [0.2, 0.25) is 21.8 Å². The number of benzene rings is 4. The third-order valence-corrected chi connectivity index (χ3v) is 11.9. The van der Waals surface area contributed by atoms with Crippen molar-refractivity contribution in [2.45, 2.75) is 24.9 Å². The minimum atomic E-state index is -3.27. The van der Waals surface area contributed by atoms with E-state index < -0.39 is 57.6 Å². The van der Waals surface area contributed by atoms with Crippen molar-refractivity contribution in [3.63, 3.8) is 0 Å². The normalized spacial score (nSPS) is 19.2. The molecule has 0 saturated carbocycles. The first-order valence-corrected chi connectivity index (χ1v) is 21.1. The molecule has 3 fully saturated rings. The fourth-order valence-electron chi connectivity index (χ4n) is 7.40. The molecule has 7 rings (SSSR count). The lowest BCUT2D eigenvalue weighted by Crippen LogP contribution is -2.53. The fraction of sp³-hybridized carbons (Fsp3) is 0.350. The zero-order valence-electron chi connectivity index (χ0n) is 32.6. The second kappa shape index (κ2) is 19.0. The molecule has 0 aliphatic carbocycles. The predicted octanol–water partition coefficient (Wildman–Crippen LogP) is 3.44. The van der Waals surface area contributed by atoms with Gasteiger partial charge in [-0.1, -0.05) is 30.3 Å². The van der Waals surface area contributed by atoms with Gasteiger partial charge in [0.25, 0.3) is 0 Å². The number of ether oxygens (including phenoxy) is 5. The van der Waals surface area contributed by atoms with E-state index in [0.717, 1.165) is 8.83 Å². The largest absolute Gasteiger partial charge is 0.488 e. The number of morpholine rings is 2. The average molecular weight is 872 g/mol. The lowest BCUT2D eigenvalue weighted by molar-refractivity contribution is -0.0277. The molecule has 0 N–H and O–H groups in total. The van der Waals surface area contributed by atoms with Crippen LogP contribution in [0, 0.1) is 11.6 Å². The van der Waals surface area contributed by atoms with Gasteiger partial charge in [-0.25, -0.2) is 54.1 Å². The number of halogens is 2. The average Bonchev–Trinajstić information content (AvgIpc) is 3.23. The summed E-state index contributed by atoms with van der Waals surface area (Å²) in [6.07, 6.45) is -1.40. The van der Waals surface area contributed by atoms with Crippen molar-refractivity contribution in [1.29, 1.82) is 0 Å². The molecule has 0 spiro atoms. The topological polar surface area (TPSA) is 165 Å². The van der Waals surface area contributed by atoms with Crippen molar-refractivity contribution in [2.24, 2.45) is 0 Å². The maximum absolute atomic E-state index is 13.6. The van der Waals surface area contributed by atoms with Gasteiger partial charge in [-0.05, 0) is 71.3 Å². The molecule has 0 aromatic heterocycles. The molecule has 3 aliphatic rings. The van der Waals surface area contributed by atoms with Gasteiger partial charge in [0.1, 0.15) is 23.5 Å². The van der Waals surface area contributed by atoms with E-state index in [-0.39, 0.29) is 68.0 Å². The van der Waals surface area contributed by atoms with Gasteiger partial charge in [0, 0.05) is 45.8 Å². The minimum Gasteiger partial charge on any atom is -0.488 e. The SMILES string of the molecule is COC(=O)c1cc(CN2CC(Oc3ccc(N(N4CCOC(c5ccc(F)cc5)C4)[SH](=O)=O)c(C(=O)OC)c3)C2)ccc1N(N1CCOC(c2ccc(F)cc2)C1)[SH](=O)=O. The first-order valence-electron chi connectivity index (χ1n) is 18.9. The quantitative estimate of drug-likeness (QED) is 0.140. The van der Waals surface area contributed by atoms with Crippen LogP contribution < -0.4 is 13.6 Å². The lowest BCUT2D eigenvalue weighted by Gasteiger charge is -2.40. The smallest absolute Gasteiger partial charge is 0.340 e. The van der Waals surface area contributed by atoms with Gasteiger partial charge >= 0.3 is 11.9 Å². The Kier molecular flexibility index (Phi) is 13.6. The Hall–Kier alpha value is -5.22. The summed E-state index contributed by atoms with van der Waals surface area (Å²) >= 11 is 0. The number of nitrogens with zero attached hydrogens (tertiary/aromatic N) is 5. The summed E-state index contributed by atoms with van der Waals surface area (Å²) in [4.78, 5) is 28.1. The van der Waals surface area contributed by atoms with E-state index in [9.17, 15) is 35.2 Å². The number of rotatable bonds is 14. The Bertz CT molecular complexity index is 2170. The van der Waals surface area contributed by atoms with Crippen LogP contribution in [0.3, 0.4) is 0 Å². The standard InChI is InChI=1S/C40H43F2N5O11S2/c1-54-39(48)33-19-26(3-13-35(33)46(59(50)51)44-15-17-56-37(24-44)27-4-8-29(41)9-5-27)21-43-22-32(23-43)58-31-12-14-36(34(20-31)40(49)55-2)47(60(52)53)45-16-18-57-38(25-45)28-6-10-30(42)11-7-28/h3-14,19-20,32,37-38,59-60H,15-18,21-25H2,1-2H3. The van der Waals surface area contributed by atoms with Crippen LogP contribution in [0.5, 0.6) is 5.75 Å². The number of carbonyl (C=O) groups is 2. The molecular weight excluding hydrogens is 829 g/mol. The summed E-state index contributed by atoms with van der Waals surface area (Å²) in [5.41, 5.74) is 2.22. The van der Waals surface area contributed by atoms with Crippen molar-refractivity contribution in [2.75, 3.05) is 75.5 Å². The Morgan fingerprint density at radius 2 is 1.13 bits per heavy atom. The first-order chi connectivity index (χ1) is 28.9. The van der Waals surface area contributed by atoms with E-state index in [4.69, 9.17) is 23.7 Å². The van der Waals surface area contributed by atoms with Gasteiger partial charge in [-0.3, -0.25) is 4.90 Å². The Morgan fingerprint density at radius 3 is 1.60 bits per heavy atom. The molecule has 60 heavy (non-hydrogen) atoms. The monoisotopic (exact) mass is 871 g/mol. The molecule has 3 aliphatic heterocycles. The van der Waals surface area contributed by atoms with Crippen LogP contribution in [0.1, 0.15) is 49.6 Å². The highest BCUT2D eigenvalue weighted by molar-refractivity contribution is 7.74. The van der Waals surface area contributed by atoms with E-state index >= 15 is 0 Å². The van der Waals surface area contributed by atoms with Crippen molar-refractivity contribution in [3.8, 4) is 5.75 Å². The summed E-state index contributed by atoms with van der Waals surface area (Å²) in [6, 6.07) is 20.8. The van der Waals surface area contributed by atoms with E-state index in [2.05, 4.69) is 0 Å². The van der Waals surface area contributed by atoms with E-state index in [0.29, 0.717) is 42.1 Å². The summed E-state index contributed by atoms with van der Waals surface area (Å²) in [6.45, 7) is 2.32. The Morgan fingerprint density at radius 1 is 0.667 bits per heavy atom. The van der Waals surface area contributed by atoms with E-state index in [1.54, 1.807) is 58.5 Å². The number of hydrazine groups is 2. The van der Waals surface area contributed by atoms with Crippen LogP contribution in [-0.4, -0.2) is 116 Å². The third kappa shape index (κ3) is 9.70. The molecule has 0 bridgehead atoms. The van der Waals surface area contributed by atoms with Crippen LogP contribution in [0.25, 0.3) is 0 Å². The molecule has 4 aromatic carbocycles. The highest BCUT2D eigenvalue weighted by Crippen LogP contribution is 2.34. The second-order valence-corrected chi connectivity index (χ2v) is 15.9. The number of methoxy groups -OCH3 is 2. The number of anilines is 2. The molecule has 2 atom stereocenters.